The molecule has 7 rings (SSSR count). The molecule has 6 heteroatoms. The van der Waals surface area contributed by atoms with E-state index in [4.69, 9.17) is 0 Å². The van der Waals surface area contributed by atoms with E-state index < -0.39 is 6.23 Å². The van der Waals surface area contributed by atoms with Crippen LogP contribution in [0.15, 0.2) is 109 Å². The lowest BCUT2D eigenvalue weighted by molar-refractivity contribution is 0.0935. The molecule has 0 saturated heterocycles. The minimum atomic E-state index is -1.19. The SMILES string of the molecule is N#Cc1ccc2c3ccc(C#N)cc3n(-c3cccc4c3C(=O)N(c3ccccc3-c3ccccc3)C4O)c2c1. The van der Waals surface area contributed by atoms with Crippen molar-refractivity contribution in [2.75, 3.05) is 4.90 Å². The monoisotopic (exact) mass is 516 g/mol. The number of carbonyl (C=O) groups excluding carboxylic acids is 1. The number of hydrogen-bond acceptors (Lipinski definition) is 4. The second-order valence-electron chi connectivity index (χ2n) is 9.70. The van der Waals surface area contributed by atoms with Crippen molar-refractivity contribution in [3.05, 3.63) is 131 Å². The third kappa shape index (κ3) is 3.34. The summed E-state index contributed by atoms with van der Waals surface area (Å²) in [5, 5.41) is 32.6. The van der Waals surface area contributed by atoms with Crippen LogP contribution in [-0.2, 0) is 0 Å². The summed E-state index contributed by atoms with van der Waals surface area (Å²) in [6.07, 6.45) is -1.19. The van der Waals surface area contributed by atoms with E-state index in [9.17, 15) is 20.4 Å². The molecule has 0 radical (unpaired) electrons. The van der Waals surface area contributed by atoms with Gasteiger partial charge in [-0.3, -0.25) is 9.69 Å². The number of aliphatic hydroxyl groups is 1. The summed E-state index contributed by atoms with van der Waals surface area (Å²) in [6.45, 7) is 0. The van der Waals surface area contributed by atoms with E-state index in [2.05, 4.69) is 12.1 Å². The first-order valence-electron chi connectivity index (χ1n) is 12.8. The van der Waals surface area contributed by atoms with Gasteiger partial charge in [-0.15, -0.1) is 0 Å². The van der Waals surface area contributed by atoms with Gasteiger partial charge in [0.25, 0.3) is 5.91 Å². The van der Waals surface area contributed by atoms with Gasteiger partial charge in [0.15, 0.2) is 6.23 Å². The maximum atomic E-state index is 14.3. The van der Waals surface area contributed by atoms with E-state index in [0.29, 0.717) is 33.6 Å². The fourth-order valence-electron chi connectivity index (χ4n) is 5.77. The van der Waals surface area contributed by atoms with Crippen LogP contribution in [0.3, 0.4) is 0 Å². The van der Waals surface area contributed by atoms with Gasteiger partial charge in [-0.05, 0) is 42.0 Å². The number of fused-ring (bicyclic) bond motifs is 4. The Hall–Kier alpha value is -5.69. The van der Waals surface area contributed by atoms with Gasteiger partial charge in [0.2, 0.25) is 0 Å². The highest BCUT2D eigenvalue weighted by molar-refractivity contribution is 6.16. The number of carbonyl (C=O) groups is 1. The molecule has 0 bridgehead atoms. The Labute approximate surface area is 229 Å². The van der Waals surface area contributed by atoms with Crippen molar-refractivity contribution in [1.29, 1.82) is 10.5 Å². The van der Waals surface area contributed by atoms with Crippen molar-refractivity contribution in [2.24, 2.45) is 0 Å². The van der Waals surface area contributed by atoms with Gasteiger partial charge >= 0.3 is 0 Å². The molecule has 1 N–H and O–H groups in total. The Morgan fingerprint density at radius 1 is 0.675 bits per heavy atom. The average Bonchev–Trinajstić information content (AvgIpc) is 3.47. The minimum absolute atomic E-state index is 0.329. The van der Waals surface area contributed by atoms with Crippen molar-refractivity contribution in [3.8, 4) is 29.0 Å². The molecule has 5 aromatic carbocycles. The van der Waals surface area contributed by atoms with E-state index in [1.54, 1.807) is 30.3 Å². The number of aromatic nitrogens is 1. The molecule has 6 aromatic rings. The molecule has 1 atom stereocenters. The number of nitriles is 2. The van der Waals surface area contributed by atoms with Crippen LogP contribution in [0.4, 0.5) is 5.69 Å². The first-order chi connectivity index (χ1) is 19.6. The molecule has 40 heavy (non-hydrogen) atoms. The summed E-state index contributed by atoms with van der Waals surface area (Å²) in [5.41, 5.74) is 6.26. The summed E-state index contributed by atoms with van der Waals surface area (Å²) >= 11 is 0. The van der Waals surface area contributed by atoms with E-state index in [0.717, 1.165) is 32.9 Å². The highest BCUT2D eigenvalue weighted by Crippen LogP contribution is 2.44. The van der Waals surface area contributed by atoms with Gasteiger partial charge in [-0.1, -0.05) is 72.8 Å². The van der Waals surface area contributed by atoms with E-state index in [-0.39, 0.29) is 5.91 Å². The number of anilines is 1. The molecule has 6 nitrogen and oxygen atoms in total. The number of rotatable bonds is 3. The fraction of sp³-hybridized carbons (Fsp3) is 0.0294. The molecule has 188 valence electrons. The Morgan fingerprint density at radius 2 is 1.27 bits per heavy atom. The van der Waals surface area contributed by atoms with Crippen molar-refractivity contribution in [1.82, 2.24) is 4.57 Å². The van der Waals surface area contributed by atoms with Gasteiger partial charge < -0.3 is 9.67 Å². The molecule has 1 aliphatic heterocycles. The van der Waals surface area contributed by atoms with Crippen LogP contribution >= 0.6 is 0 Å². The number of para-hydroxylation sites is 1. The fourth-order valence-corrected chi connectivity index (χ4v) is 5.77. The van der Waals surface area contributed by atoms with Gasteiger partial charge in [0, 0.05) is 21.9 Å². The second kappa shape index (κ2) is 8.96. The molecule has 1 aromatic heterocycles. The predicted octanol–water partition coefficient (Wildman–Crippen LogP) is 6.85. The van der Waals surface area contributed by atoms with Crippen LogP contribution in [0.25, 0.3) is 38.6 Å². The molecular weight excluding hydrogens is 496 g/mol. The van der Waals surface area contributed by atoms with Crippen molar-refractivity contribution >= 4 is 33.4 Å². The van der Waals surface area contributed by atoms with E-state index in [1.807, 2.05) is 83.4 Å². The molecule has 0 saturated carbocycles. The zero-order valence-electron chi connectivity index (χ0n) is 21.1. The quantitative estimate of drug-likeness (QED) is 0.279. The topological polar surface area (TPSA) is 93.0 Å². The molecule has 0 spiro atoms. The summed E-state index contributed by atoms with van der Waals surface area (Å²) < 4.78 is 1.92. The second-order valence-corrected chi connectivity index (χ2v) is 9.70. The summed E-state index contributed by atoms with van der Waals surface area (Å²) in [7, 11) is 0. The van der Waals surface area contributed by atoms with Gasteiger partial charge in [-0.2, -0.15) is 10.5 Å². The lowest BCUT2D eigenvalue weighted by atomic mass is 10.0. The largest absolute Gasteiger partial charge is 0.369 e. The molecule has 1 amide bonds. The number of amides is 1. The Balaban J connectivity index is 1.49. The third-order valence-electron chi connectivity index (χ3n) is 7.55. The first kappa shape index (κ1) is 23.4. The average molecular weight is 517 g/mol. The molecule has 1 unspecified atom stereocenters. The van der Waals surface area contributed by atoms with Crippen LogP contribution in [-0.4, -0.2) is 15.6 Å². The summed E-state index contributed by atoms with van der Waals surface area (Å²) in [5.74, 6) is -0.329. The van der Waals surface area contributed by atoms with Gasteiger partial charge in [0.05, 0.1) is 51.2 Å². The lowest BCUT2D eigenvalue weighted by Gasteiger charge is -2.24. The van der Waals surface area contributed by atoms with Gasteiger partial charge in [-0.25, -0.2) is 0 Å². The zero-order valence-corrected chi connectivity index (χ0v) is 21.1. The lowest BCUT2D eigenvalue weighted by Crippen LogP contribution is -2.28. The zero-order chi connectivity index (χ0) is 27.4. The molecule has 0 fully saturated rings. The summed E-state index contributed by atoms with van der Waals surface area (Å²) in [4.78, 5) is 15.7. The third-order valence-corrected chi connectivity index (χ3v) is 7.55. The maximum Gasteiger partial charge on any atom is 0.263 e. The van der Waals surface area contributed by atoms with Crippen molar-refractivity contribution in [3.63, 3.8) is 0 Å². The number of hydrogen-bond donors (Lipinski definition) is 1. The predicted molar refractivity (Wildman–Crippen MR) is 154 cm³/mol. The maximum absolute atomic E-state index is 14.3. The normalized spacial score (nSPS) is 14.3. The molecule has 2 heterocycles. The molecule has 1 aliphatic rings. The summed E-state index contributed by atoms with van der Waals surface area (Å²) in [6, 6.07) is 38.0. The van der Waals surface area contributed by atoms with Crippen molar-refractivity contribution in [2.45, 2.75) is 6.23 Å². The van der Waals surface area contributed by atoms with Crippen LogP contribution in [0.1, 0.15) is 33.3 Å². The number of benzene rings is 5. The molecular formula is C34H20N4O2. The highest BCUT2D eigenvalue weighted by Gasteiger charge is 2.40. The highest BCUT2D eigenvalue weighted by atomic mass is 16.3. The Morgan fingerprint density at radius 3 is 1.93 bits per heavy atom. The van der Waals surface area contributed by atoms with Crippen LogP contribution in [0.5, 0.6) is 0 Å². The Kier molecular flexibility index (Phi) is 5.25. The molecule has 0 aliphatic carbocycles. The van der Waals surface area contributed by atoms with Crippen LogP contribution < -0.4 is 4.90 Å². The number of aliphatic hydroxyl groups excluding tert-OH is 1. The van der Waals surface area contributed by atoms with Gasteiger partial charge in [0.1, 0.15) is 0 Å². The smallest absolute Gasteiger partial charge is 0.263 e. The minimum Gasteiger partial charge on any atom is -0.369 e. The van der Waals surface area contributed by atoms with Crippen molar-refractivity contribution < 1.29 is 9.90 Å². The van der Waals surface area contributed by atoms with E-state index >= 15 is 0 Å². The van der Waals surface area contributed by atoms with E-state index in [1.165, 1.54) is 4.90 Å². The Bertz CT molecular complexity index is 2010. The standard InChI is InChI=1S/C34H20N4O2/c35-19-21-13-15-25-26-16-14-22(20-36)18-31(26)37(30(25)17-21)29-12-6-10-27-32(29)34(40)38(33(27)39)28-11-5-4-9-24(28)23-7-2-1-3-8-23/h1-18,33,39H. The first-order valence-corrected chi connectivity index (χ1v) is 12.8. The number of nitrogens with zero attached hydrogens (tertiary/aromatic N) is 4. The van der Waals surface area contributed by atoms with Crippen LogP contribution in [0.2, 0.25) is 0 Å². The van der Waals surface area contributed by atoms with Crippen LogP contribution in [0, 0.1) is 22.7 Å².